The first-order valence-electron chi connectivity index (χ1n) is 5.82. The molecular weight excluding hydrogens is 224 g/mol. The lowest BCUT2D eigenvalue weighted by atomic mass is 9.94. The van der Waals surface area contributed by atoms with Crippen molar-refractivity contribution in [3.05, 3.63) is 0 Å². The molecule has 0 aromatic rings. The highest BCUT2D eigenvalue weighted by molar-refractivity contribution is 5.81. The summed E-state index contributed by atoms with van der Waals surface area (Å²) in [4.78, 5) is 24.3. The Hall–Kier alpha value is -1.14. The maximum atomic E-state index is 12.0. The lowest BCUT2D eigenvalue weighted by Gasteiger charge is -2.33. The Morgan fingerprint density at radius 3 is 2.82 bits per heavy atom. The summed E-state index contributed by atoms with van der Waals surface area (Å²) in [6, 6.07) is 0. The van der Waals surface area contributed by atoms with Gasteiger partial charge in [-0.2, -0.15) is 0 Å². The number of piperidine rings is 1. The molecule has 1 fully saturated rings. The average Bonchev–Trinajstić information content (AvgIpc) is 2.30. The number of carboxylic acids is 1. The summed E-state index contributed by atoms with van der Waals surface area (Å²) >= 11 is 0. The number of hydrogen-bond donors (Lipinski definition) is 2. The first-order chi connectivity index (χ1) is 8.08. The molecule has 1 heterocycles. The van der Waals surface area contributed by atoms with Crippen LogP contribution in [-0.4, -0.2) is 54.7 Å². The molecule has 1 rings (SSSR count). The van der Waals surface area contributed by atoms with Crippen LogP contribution >= 0.6 is 0 Å². The van der Waals surface area contributed by atoms with Crippen LogP contribution in [-0.2, 0) is 14.3 Å². The molecule has 98 valence electrons. The van der Waals surface area contributed by atoms with Crippen LogP contribution in [0.2, 0.25) is 0 Å². The number of carbonyl (C=O) groups is 2. The van der Waals surface area contributed by atoms with E-state index in [1.54, 1.807) is 4.90 Å². The quantitative estimate of drug-likeness (QED) is 0.691. The van der Waals surface area contributed by atoms with Crippen LogP contribution in [0, 0.1) is 5.92 Å². The van der Waals surface area contributed by atoms with Crippen molar-refractivity contribution in [1.29, 1.82) is 0 Å². The maximum absolute atomic E-state index is 12.0. The number of methoxy groups -OCH3 is 1. The second kappa shape index (κ2) is 6.56. The van der Waals surface area contributed by atoms with Crippen LogP contribution in [0.1, 0.15) is 19.3 Å². The minimum absolute atomic E-state index is 0.0421. The van der Waals surface area contributed by atoms with Gasteiger partial charge in [-0.25, -0.2) is 0 Å². The molecule has 2 atom stereocenters. The number of rotatable bonds is 5. The number of carbonyl (C=O) groups excluding carboxylic acids is 1. The van der Waals surface area contributed by atoms with Gasteiger partial charge in [0.2, 0.25) is 0 Å². The number of aliphatic carboxylic acids is 1. The average molecular weight is 244 g/mol. The van der Waals surface area contributed by atoms with E-state index in [0.717, 1.165) is 12.8 Å². The van der Waals surface area contributed by atoms with Crippen LogP contribution in [0.25, 0.3) is 0 Å². The molecule has 3 N–H and O–H groups in total. The van der Waals surface area contributed by atoms with E-state index < -0.39 is 12.1 Å². The zero-order valence-electron chi connectivity index (χ0n) is 10.1. The van der Waals surface area contributed by atoms with E-state index in [9.17, 15) is 9.59 Å². The van der Waals surface area contributed by atoms with Crippen molar-refractivity contribution >= 4 is 11.9 Å². The smallest absolute Gasteiger partial charge is 0.303 e. The van der Waals surface area contributed by atoms with Gasteiger partial charge >= 0.3 is 5.97 Å². The monoisotopic (exact) mass is 244 g/mol. The molecule has 0 radical (unpaired) electrons. The first kappa shape index (κ1) is 13.9. The Bertz CT molecular complexity index is 279. The fourth-order valence-electron chi connectivity index (χ4n) is 2.18. The summed E-state index contributed by atoms with van der Waals surface area (Å²) in [6.07, 6.45) is 1.20. The summed E-state index contributed by atoms with van der Waals surface area (Å²) in [7, 11) is 1.45. The second-order valence-corrected chi connectivity index (χ2v) is 4.35. The van der Waals surface area contributed by atoms with Crippen molar-refractivity contribution < 1.29 is 19.4 Å². The van der Waals surface area contributed by atoms with Gasteiger partial charge in [-0.05, 0) is 18.8 Å². The van der Waals surface area contributed by atoms with Crippen molar-refractivity contribution in [2.24, 2.45) is 11.7 Å². The lowest BCUT2D eigenvalue weighted by molar-refractivity contribution is -0.145. The molecule has 1 aliphatic heterocycles. The van der Waals surface area contributed by atoms with E-state index in [4.69, 9.17) is 15.6 Å². The van der Waals surface area contributed by atoms with E-state index in [1.807, 2.05) is 0 Å². The van der Waals surface area contributed by atoms with E-state index in [0.29, 0.717) is 13.1 Å². The summed E-state index contributed by atoms with van der Waals surface area (Å²) in [5, 5.41) is 8.74. The molecular formula is C11H20N2O4. The number of amides is 1. The van der Waals surface area contributed by atoms with Gasteiger partial charge in [0.25, 0.3) is 5.91 Å². The minimum atomic E-state index is -0.814. The zero-order chi connectivity index (χ0) is 12.8. The van der Waals surface area contributed by atoms with Gasteiger partial charge in [0.05, 0.1) is 0 Å². The molecule has 6 heteroatoms. The van der Waals surface area contributed by atoms with Crippen molar-refractivity contribution in [3.63, 3.8) is 0 Å². The number of ether oxygens (including phenoxy) is 1. The summed E-state index contributed by atoms with van der Waals surface area (Å²) in [5.41, 5.74) is 5.44. The van der Waals surface area contributed by atoms with Crippen molar-refractivity contribution in [2.45, 2.75) is 25.4 Å². The third-order valence-corrected chi connectivity index (χ3v) is 3.07. The number of carboxylic acid groups (broad SMARTS) is 1. The molecule has 6 nitrogen and oxygen atoms in total. The van der Waals surface area contributed by atoms with E-state index in [2.05, 4.69) is 0 Å². The Balaban J connectivity index is 2.53. The standard InChI is InChI=1S/C11H20N2O4/c1-17-9(6-12)11(16)13-4-2-3-8(7-13)5-10(14)15/h8-9H,2-7,12H2,1H3,(H,14,15). The van der Waals surface area contributed by atoms with Crippen LogP contribution in [0.5, 0.6) is 0 Å². The van der Waals surface area contributed by atoms with E-state index in [-0.39, 0.29) is 24.8 Å². The first-order valence-corrected chi connectivity index (χ1v) is 5.82. The summed E-state index contributed by atoms with van der Waals surface area (Å²) in [5.74, 6) is -0.906. The molecule has 0 bridgehead atoms. The third-order valence-electron chi connectivity index (χ3n) is 3.07. The van der Waals surface area contributed by atoms with Crippen LogP contribution in [0.15, 0.2) is 0 Å². The van der Waals surface area contributed by atoms with Gasteiger partial charge in [0, 0.05) is 33.2 Å². The number of nitrogens with zero attached hydrogens (tertiary/aromatic N) is 1. The topological polar surface area (TPSA) is 92.9 Å². The molecule has 1 saturated heterocycles. The molecule has 0 spiro atoms. The largest absolute Gasteiger partial charge is 0.481 e. The molecule has 0 aliphatic carbocycles. The predicted octanol–water partition coefficient (Wildman–Crippen LogP) is -0.327. The number of likely N-dealkylation sites (tertiary alicyclic amines) is 1. The predicted molar refractivity (Wildman–Crippen MR) is 61.4 cm³/mol. The third kappa shape index (κ3) is 3.98. The Morgan fingerprint density at radius 1 is 1.59 bits per heavy atom. The highest BCUT2D eigenvalue weighted by atomic mass is 16.5. The Labute approximate surface area is 101 Å². The molecule has 2 unspecified atom stereocenters. The lowest BCUT2D eigenvalue weighted by Crippen LogP contribution is -2.48. The van der Waals surface area contributed by atoms with Crippen LogP contribution < -0.4 is 5.73 Å². The van der Waals surface area contributed by atoms with Crippen molar-refractivity contribution in [1.82, 2.24) is 4.90 Å². The highest BCUT2D eigenvalue weighted by Gasteiger charge is 2.29. The number of nitrogens with two attached hydrogens (primary N) is 1. The minimum Gasteiger partial charge on any atom is -0.481 e. The molecule has 17 heavy (non-hydrogen) atoms. The molecule has 1 aliphatic rings. The van der Waals surface area contributed by atoms with Crippen molar-refractivity contribution in [2.75, 3.05) is 26.7 Å². The highest BCUT2D eigenvalue weighted by Crippen LogP contribution is 2.20. The second-order valence-electron chi connectivity index (χ2n) is 4.35. The SMILES string of the molecule is COC(CN)C(=O)N1CCCC(CC(=O)O)C1. The zero-order valence-corrected chi connectivity index (χ0v) is 10.1. The summed E-state index contributed by atoms with van der Waals surface area (Å²) < 4.78 is 5.00. The van der Waals surface area contributed by atoms with Crippen molar-refractivity contribution in [3.8, 4) is 0 Å². The number of hydrogen-bond acceptors (Lipinski definition) is 4. The van der Waals surface area contributed by atoms with Gasteiger partial charge in [0.15, 0.2) is 0 Å². The molecule has 0 aromatic heterocycles. The Kier molecular flexibility index (Phi) is 5.37. The van der Waals surface area contributed by atoms with Gasteiger partial charge < -0.3 is 20.5 Å². The van der Waals surface area contributed by atoms with E-state index >= 15 is 0 Å². The van der Waals surface area contributed by atoms with Gasteiger partial charge in [-0.15, -0.1) is 0 Å². The molecule has 1 amide bonds. The fraction of sp³-hybridized carbons (Fsp3) is 0.818. The summed E-state index contributed by atoms with van der Waals surface area (Å²) in [6.45, 7) is 1.30. The molecule has 0 aromatic carbocycles. The van der Waals surface area contributed by atoms with Gasteiger partial charge in [-0.1, -0.05) is 0 Å². The van der Waals surface area contributed by atoms with Crippen LogP contribution in [0.3, 0.4) is 0 Å². The fourth-order valence-corrected chi connectivity index (χ4v) is 2.18. The Morgan fingerprint density at radius 2 is 2.29 bits per heavy atom. The van der Waals surface area contributed by atoms with Gasteiger partial charge in [-0.3, -0.25) is 9.59 Å². The van der Waals surface area contributed by atoms with Gasteiger partial charge in [0.1, 0.15) is 6.10 Å². The molecule has 0 saturated carbocycles. The van der Waals surface area contributed by atoms with E-state index in [1.165, 1.54) is 7.11 Å². The van der Waals surface area contributed by atoms with Crippen LogP contribution in [0.4, 0.5) is 0 Å². The normalized spacial score (nSPS) is 22.2. The maximum Gasteiger partial charge on any atom is 0.303 e.